The molecule has 2 heteroatoms. The third kappa shape index (κ3) is 3.58. The van der Waals surface area contributed by atoms with Crippen LogP contribution in [0, 0.1) is 0 Å². The molecular formula is C22H28NP. The second-order valence-corrected chi connectivity index (χ2v) is 9.62. The van der Waals surface area contributed by atoms with Crippen LogP contribution in [0.5, 0.6) is 0 Å². The molecule has 0 spiro atoms. The Morgan fingerprint density at radius 2 is 1.12 bits per heavy atom. The highest BCUT2D eigenvalue weighted by Gasteiger charge is 2.38. The Balaban J connectivity index is 1.59. The van der Waals surface area contributed by atoms with E-state index < -0.39 is 0 Å². The standard InChI is InChI=1S/C22H28NP/c1-4-10-18(11-5-1)21-16-17-22(19-12-6-2-7-13-19)24(21)23-20-14-8-3-9-15-20/h1-2,4-7,10-13,20-23H,3,8-9,14-17H2. The van der Waals surface area contributed by atoms with Gasteiger partial charge in [0, 0.05) is 17.4 Å². The Morgan fingerprint density at radius 1 is 0.625 bits per heavy atom. The molecule has 1 aliphatic heterocycles. The van der Waals surface area contributed by atoms with Crippen LogP contribution >= 0.6 is 8.07 Å². The lowest BCUT2D eigenvalue weighted by Gasteiger charge is -2.33. The van der Waals surface area contributed by atoms with Crippen molar-refractivity contribution >= 4 is 8.07 Å². The SMILES string of the molecule is c1ccc(C2CCC(c3ccccc3)P2NC2CCCCC2)cc1. The van der Waals surface area contributed by atoms with Crippen molar-refractivity contribution in [3.05, 3.63) is 71.8 Å². The van der Waals surface area contributed by atoms with Gasteiger partial charge in [-0.15, -0.1) is 0 Å². The summed E-state index contributed by atoms with van der Waals surface area (Å²) in [5, 5.41) is 4.18. The Morgan fingerprint density at radius 3 is 1.62 bits per heavy atom. The molecule has 1 aliphatic carbocycles. The molecule has 0 amide bonds. The summed E-state index contributed by atoms with van der Waals surface area (Å²) in [6.07, 6.45) is 9.66. The van der Waals surface area contributed by atoms with E-state index in [9.17, 15) is 0 Å². The van der Waals surface area contributed by atoms with Crippen molar-refractivity contribution < 1.29 is 0 Å². The van der Waals surface area contributed by atoms with Crippen molar-refractivity contribution in [3.8, 4) is 0 Å². The van der Waals surface area contributed by atoms with Crippen LogP contribution in [-0.4, -0.2) is 6.04 Å². The molecule has 2 aromatic carbocycles. The molecule has 2 unspecified atom stereocenters. The maximum atomic E-state index is 4.18. The summed E-state index contributed by atoms with van der Waals surface area (Å²) in [7, 11) is -0.197. The minimum absolute atomic E-state index is 0.197. The lowest BCUT2D eigenvalue weighted by Crippen LogP contribution is -2.28. The number of hydrogen-bond acceptors (Lipinski definition) is 1. The molecular weight excluding hydrogens is 309 g/mol. The average molecular weight is 337 g/mol. The molecule has 1 nitrogen and oxygen atoms in total. The van der Waals surface area contributed by atoms with Gasteiger partial charge in [-0.1, -0.05) is 79.9 Å². The second-order valence-electron chi connectivity index (χ2n) is 7.30. The summed E-state index contributed by atoms with van der Waals surface area (Å²) < 4.78 is 0. The molecule has 4 rings (SSSR count). The van der Waals surface area contributed by atoms with E-state index in [1.165, 1.54) is 44.9 Å². The lowest BCUT2D eigenvalue weighted by atomic mass is 9.96. The summed E-state index contributed by atoms with van der Waals surface area (Å²) in [6, 6.07) is 23.2. The van der Waals surface area contributed by atoms with Gasteiger partial charge in [0.05, 0.1) is 0 Å². The van der Waals surface area contributed by atoms with E-state index in [0.29, 0.717) is 11.3 Å². The predicted octanol–water partition coefficient (Wildman–Crippen LogP) is 6.58. The van der Waals surface area contributed by atoms with Gasteiger partial charge in [0.2, 0.25) is 0 Å². The van der Waals surface area contributed by atoms with Crippen LogP contribution in [0.2, 0.25) is 0 Å². The Labute approximate surface area is 147 Å². The number of nitrogens with one attached hydrogen (secondary N) is 1. The summed E-state index contributed by atoms with van der Waals surface area (Å²) in [5.74, 6) is 0. The minimum atomic E-state index is -0.197. The fourth-order valence-corrected chi connectivity index (χ4v) is 7.75. The first-order chi connectivity index (χ1) is 11.9. The molecule has 2 aromatic rings. The minimum Gasteiger partial charge on any atom is -0.292 e. The zero-order valence-corrected chi connectivity index (χ0v) is 15.3. The van der Waals surface area contributed by atoms with Crippen molar-refractivity contribution in [1.29, 1.82) is 0 Å². The number of rotatable bonds is 4. The average Bonchev–Trinajstić information content (AvgIpc) is 3.07. The van der Waals surface area contributed by atoms with Gasteiger partial charge in [0.25, 0.3) is 0 Å². The number of hydrogen-bond donors (Lipinski definition) is 1. The normalized spacial score (nSPS) is 28.1. The largest absolute Gasteiger partial charge is 0.292 e. The lowest BCUT2D eigenvalue weighted by molar-refractivity contribution is 0.419. The van der Waals surface area contributed by atoms with Gasteiger partial charge in [0.1, 0.15) is 0 Å². The summed E-state index contributed by atoms with van der Waals surface area (Å²) in [5.41, 5.74) is 4.53. The third-order valence-electron chi connectivity index (χ3n) is 5.69. The van der Waals surface area contributed by atoms with Gasteiger partial charge in [-0.25, -0.2) is 0 Å². The summed E-state index contributed by atoms with van der Waals surface area (Å²) in [4.78, 5) is 0. The van der Waals surface area contributed by atoms with Crippen LogP contribution in [0.1, 0.15) is 67.4 Å². The molecule has 2 aliphatic rings. The van der Waals surface area contributed by atoms with E-state index in [4.69, 9.17) is 0 Å². The molecule has 0 aromatic heterocycles. The molecule has 0 bridgehead atoms. The molecule has 24 heavy (non-hydrogen) atoms. The van der Waals surface area contributed by atoms with Crippen LogP contribution < -0.4 is 5.09 Å². The highest BCUT2D eigenvalue weighted by Crippen LogP contribution is 2.68. The molecule has 2 atom stereocenters. The Kier molecular flexibility index (Phi) is 5.30. The molecule has 1 N–H and O–H groups in total. The zero-order valence-electron chi connectivity index (χ0n) is 14.4. The van der Waals surface area contributed by atoms with Gasteiger partial charge in [-0.05, 0) is 44.9 Å². The first kappa shape index (κ1) is 16.3. The smallest absolute Gasteiger partial charge is 0.0178 e. The quantitative estimate of drug-likeness (QED) is 0.621. The van der Waals surface area contributed by atoms with Crippen molar-refractivity contribution in [3.63, 3.8) is 0 Å². The summed E-state index contributed by atoms with van der Waals surface area (Å²) >= 11 is 0. The first-order valence-electron chi connectivity index (χ1n) is 9.56. The second kappa shape index (κ2) is 7.81. The maximum Gasteiger partial charge on any atom is 0.0178 e. The van der Waals surface area contributed by atoms with E-state index in [2.05, 4.69) is 65.8 Å². The summed E-state index contributed by atoms with van der Waals surface area (Å²) in [6.45, 7) is 0. The van der Waals surface area contributed by atoms with Crippen molar-refractivity contribution in [2.24, 2.45) is 0 Å². The van der Waals surface area contributed by atoms with E-state index in [0.717, 1.165) is 6.04 Å². The zero-order chi connectivity index (χ0) is 16.2. The van der Waals surface area contributed by atoms with Crippen molar-refractivity contribution in [2.45, 2.75) is 62.3 Å². The Hall–Kier alpha value is -1.17. The van der Waals surface area contributed by atoms with E-state index in [1.807, 2.05) is 0 Å². The molecule has 0 radical (unpaired) electrons. The van der Waals surface area contributed by atoms with Crippen LogP contribution in [0.4, 0.5) is 0 Å². The molecule has 2 fully saturated rings. The van der Waals surface area contributed by atoms with E-state index in [-0.39, 0.29) is 8.07 Å². The van der Waals surface area contributed by atoms with Crippen LogP contribution in [0.3, 0.4) is 0 Å². The van der Waals surface area contributed by atoms with E-state index >= 15 is 0 Å². The van der Waals surface area contributed by atoms with Gasteiger partial charge in [-0.2, -0.15) is 0 Å². The number of benzene rings is 2. The molecule has 1 saturated carbocycles. The van der Waals surface area contributed by atoms with E-state index in [1.54, 1.807) is 11.1 Å². The fraction of sp³-hybridized carbons (Fsp3) is 0.455. The van der Waals surface area contributed by atoms with Crippen LogP contribution in [0.25, 0.3) is 0 Å². The Bertz CT molecular complexity index is 573. The van der Waals surface area contributed by atoms with Crippen LogP contribution in [0.15, 0.2) is 60.7 Å². The van der Waals surface area contributed by atoms with Crippen molar-refractivity contribution in [1.82, 2.24) is 5.09 Å². The molecule has 126 valence electrons. The predicted molar refractivity (Wildman–Crippen MR) is 105 cm³/mol. The fourth-order valence-electron chi connectivity index (χ4n) is 4.44. The van der Waals surface area contributed by atoms with Gasteiger partial charge >= 0.3 is 0 Å². The maximum absolute atomic E-state index is 4.18. The monoisotopic (exact) mass is 337 g/mol. The first-order valence-corrected chi connectivity index (χ1v) is 11.0. The van der Waals surface area contributed by atoms with Crippen LogP contribution in [-0.2, 0) is 0 Å². The van der Waals surface area contributed by atoms with Gasteiger partial charge in [-0.3, -0.25) is 5.09 Å². The highest BCUT2D eigenvalue weighted by molar-refractivity contribution is 7.56. The highest BCUT2D eigenvalue weighted by atomic mass is 31.1. The van der Waals surface area contributed by atoms with Gasteiger partial charge < -0.3 is 0 Å². The topological polar surface area (TPSA) is 12.0 Å². The third-order valence-corrected chi connectivity index (χ3v) is 8.81. The van der Waals surface area contributed by atoms with Crippen molar-refractivity contribution in [2.75, 3.05) is 0 Å². The molecule has 1 heterocycles. The molecule has 1 saturated heterocycles. The van der Waals surface area contributed by atoms with Gasteiger partial charge in [0.15, 0.2) is 0 Å².